The number of nitrogen functional groups attached to an aromatic ring is 1. The van der Waals surface area contributed by atoms with Crippen molar-refractivity contribution in [3.05, 3.63) is 35.0 Å². The Hall–Kier alpha value is -2.30. The fraction of sp³-hybridized carbons (Fsp3) is 0.375. The van der Waals surface area contributed by atoms with Crippen LogP contribution in [0, 0.1) is 10.8 Å². The third-order valence-corrected chi connectivity index (χ3v) is 4.10. The van der Waals surface area contributed by atoms with Crippen LogP contribution in [0.3, 0.4) is 0 Å². The maximum atomic E-state index is 8.44. The second-order valence-electron chi connectivity index (χ2n) is 6.45. The highest BCUT2D eigenvalue weighted by molar-refractivity contribution is 6.12. The summed E-state index contributed by atoms with van der Waals surface area (Å²) >= 11 is 0. The minimum atomic E-state index is 0.145. The number of anilines is 1. The van der Waals surface area contributed by atoms with Crippen molar-refractivity contribution in [1.82, 2.24) is 4.98 Å². The van der Waals surface area contributed by atoms with Crippen LogP contribution in [0.2, 0.25) is 0 Å². The van der Waals surface area contributed by atoms with E-state index < -0.39 is 0 Å². The first-order valence-electron chi connectivity index (χ1n) is 7.09. The standard InChI is InChI=1S/C16H20N4O/c1-16(2)6-5-10(11(17)8-16)14(18)9-3-4-13-12(7-9)20-15(19)21-13/h3-4,7,18H,5-6,8,17H2,1-2H3,(H2,19,20). The van der Waals surface area contributed by atoms with E-state index in [2.05, 4.69) is 18.8 Å². The van der Waals surface area contributed by atoms with Crippen LogP contribution in [0.5, 0.6) is 0 Å². The lowest BCUT2D eigenvalue weighted by Crippen LogP contribution is -2.25. The number of nitrogens with zero attached hydrogens (tertiary/aromatic N) is 1. The molecule has 0 atom stereocenters. The topological polar surface area (TPSA) is 102 Å². The van der Waals surface area contributed by atoms with E-state index >= 15 is 0 Å². The zero-order chi connectivity index (χ0) is 15.2. The van der Waals surface area contributed by atoms with Gasteiger partial charge >= 0.3 is 0 Å². The van der Waals surface area contributed by atoms with Crippen molar-refractivity contribution < 1.29 is 4.42 Å². The Morgan fingerprint density at radius 3 is 2.81 bits per heavy atom. The minimum Gasteiger partial charge on any atom is -0.424 e. The highest BCUT2D eigenvalue weighted by Gasteiger charge is 2.27. The molecule has 0 aliphatic heterocycles. The second kappa shape index (κ2) is 4.62. The predicted molar refractivity (Wildman–Crippen MR) is 84.1 cm³/mol. The number of nitrogens with one attached hydrogen (secondary N) is 1. The molecule has 3 rings (SSSR count). The summed E-state index contributed by atoms with van der Waals surface area (Å²) in [7, 11) is 0. The van der Waals surface area contributed by atoms with Crippen molar-refractivity contribution >= 4 is 22.8 Å². The van der Waals surface area contributed by atoms with Crippen molar-refractivity contribution in [2.75, 3.05) is 5.73 Å². The van der Waals surface area contributed by atoms with Gasteiger partial charge in [0.2, 0.25) is 0 Å². The molecule has 0 bridgehead atoms. The van der Waals surface area contributed by atoms with Crippen LogP contribution in [-0.4, -0.2) is 10.7 Å². The van der Waals surface area contributed by atoms with E-state index in [9.17, 15) is 0 Å². The maximum absolute atomic E-state index is 8.44. The molecule has 0 unspecified atom stereocenters. The number of fused-ring (bicyclic) bond motifs is 1. The van der Waals surface area contributed by atoms with Gasteiger partial charge in [-0.25, -0.2) is 0 Å². The molecule has 5 N–H and O–H groups in total. The van der Waals surface area contributed by atoms with E-state index in [-0.39, 0.29) is 11.4 Å². The molecule has 1 aliphatic rings. The number of hydrogen-bond donors (Lipinski definition) is 3. The summed E-state index contributed by atoms with van der Waals surface area (Å²) in [5.74, 6) is 0. The van der Waals surface area contributed by atoms with Gasteiger partial charge in [0.15, 0.2) is 5.58 Å². The van der Waals surface area contributed by atoms with E-state index in [1.54, 1.807) is 6.07 Å². The lowest BCUT2D eigenvalue weighted by Gasteiger charge is -2.31. The first-order valence-corrected chi connectivity index (χ1v) is 7.09. The summed E-state index contributed by atoms with van der Waals surface area (Å²) < 4.78 is 5.26. The van der Waals surface area contributed by atoms with E-state index in [0.29, 0.717) is 16.8 Å². The van der Waals surface area contributed by atoms with Crippen LogP contribution < -0.4 is 11.5 Å². The Kier molecular flexibility index (Phi) is 3.01. The average Bonchev–Trinajstić information content (AvgIpc) is 2.76. The number of oxazole rings is 1. The molecule has 0 amide bonds. The molecule has 1 heterocycles. The molecule has 0 spiro atoms. The molecule has 0 fully saturated rings. The third-order valence-electron chi connectivity index (χ3n) is 4.10. The summed E-state index contributed by atoms with van der Waals surface area (Å²) in [6.07, 6.45) is 2.73. The van der Waals surface area contributed by atoms with Gasteiger partial charge in [-0.15, -0.1) is 0 Å². The van der Waals surface area contributed by atoms with Crippen molar-refractivity contribution in [3.8, 4) is 0 Å². The smallest absolute Gasteiger partial charge is 0.292 e. The van der Waals surface area contributed by atoms with Gasteiger partial charge in [-0.05, 0) is 48.4 Å². The molecular formula is C16H20N4O. The molecule has 2 aromatic rings. The fourth-order valence-corrected chi connectivity index (χ4v) is 2.90. The van der Waals surface area contributed by atoms with Crippen LogP contribution in [0.25, 0.3) is 11.1 Å². The fourth-order valence-electron chi connectivity index (χ4n) is 2.90. The molecular weight excluding hydrogens is 264 g/mol. The first kappa shape index (κ1) is 13.7. The molecule has 5 heteroatoms. The zero-order valence-electron chi connectivity index (χ0n) is 12.4. The van der Waals surface area contributed by atoms with Gasteiger partial charge in [0.1, 0.15) is 5.52 Å². The van der Waals surface area contributed by atoms with Gasteiger partial charge in [0.05, 0.1) is 5.71 Å². The number of rotatable bonds is 2. The molecule has 0 saturated carbocycles. The Balaban J connectivity index is 1.96. The minimum absolute atomic E-state index is 0.145. The Bertz CT molecular complexity index is 755. The quantitative estimate of drug-likeness (QED) is 0.737. The molecule has 1 aromatic carbocycles. The van der Waals surface area contributed by atoms with E-state index in [1.807, 2.05) is 12.1 Å². The van der Waals surface area contributed by atoms with E-state index in [4.69, 9.17) is 21.3 Å². The molecule has 1 aliphatic carbocycles. The van der Waals surface area contributed by atoms with Crippen molar-refractivity contribution in [2.45, 2.75) is 33.1 Å². The number of aromatic nitrogens is 1. The summed E-state index contributed by atoms with van der Waals surface area (Å²) in [5.41, 5.74) is 16.3. The SMILES string of the molecule is CC1(C)CCC(C(=N)c2ccc3oc(N)nc3c2)=C(N)C1. The number of nitrogens with two attached hydrogens (primary N) is 2. The van der Waals surface area contributed by atoms with Crippen LogP contribution >= 0.6 is 0 Å². The van der Waals surface area contributed by atoms with Crippen molar-refractivity contribution in [2.24, 2.45) is 11.1 Å². The van der Waals surface area contributed by atoms with E-state index in [1.165, 1.54) is 0 Å². The Labute approximate surface area is 123 Å². The highest BCUT2D eigenvalue weighted by Crippen LogP contribution is 2.37. The molecule has 0 saturated heterocycles. The summed E-state index contributed by atoms with van der Waals surface area (Å²) in [4.78, 5) is 4.11. The lowest BCUT2D eigenvalue weighted by molar-refractivity contribution is 0.315. The van der Waals surface area contributed by atoms with Gasteiger partial charge in [-0.2, -0.15) is 4.98 Å². The van der Waals surface area contributed by atoms with Gasteiger partial charge in [0, 0.05) is 11.3 Å². The van der Waals surface area contributed by atoms with Crippen LogP contribution in [0.15, 0.2) is 33.9 Å². The van der Waals surface area contributed by atoms with Gasteiger partial charge < -0.3 is 15.9 Å². The molecule has 0 radical (unpaired) electrons. The molecule has 1 aromatic heterocycles. The van der Waals surface area contributed by atoms with Gasteiger partial charge in [-0.1, -0.05) is 13.8 Å². The number of benzene rings is 1. The lowest BCUT2D eigenvalue weighted by atomic mass is 9.75. The third kappa shape index (κ3) is 2.51. The number of hydrogen-bond acceptors (Lipinski definition) is 5. The highest BCUT2D eigenvalue weighted by atomic mass is 16.4. The maximum Gasteiger partial charge on any atom is 0.292 e. The Morgan fingerprint density at radius 2 is 2.10 bits per heavy atom. The summed E-state index contributed by atoms with van der Waals surface area (Å²) in [5, 5.41) is 8.44. The summed E-state index contributed by atoms with van der Waals surface area (Å²) in [6, 6.07) is 5.63. The van der Waals surface area contributed by atoms with Crippen LogP contribution in [0.1, 0.15) is 38.7 Å². The molecule has 21 heavy (non-hydrogen) atoms. The van der Waals surface area contributed by atoms with Gasteiger partial charge in [-0.3, -0.25) is 5.41 Å². The Morgan fingerprint density at radius 1 is 1.33 bits per heavy atom. The molecule has 110 valence electrons. The van der Waals surface area contributed by atoms with Crippen LogP contribution in [0.4, 0.5) is 6.01 Å². The zero-order valence-corrected chi connectivity index (χ0v) is 12.4. The first-order chi connectivity index (χ1) is 9.85. The van der Waals surface area contributed by atoms with Crippen molar-refractivity contribution in [3.63, 3.8) is 0 Å². The summed E-state index contributed by atoms with van der Waals surface area (Å²) in [6.45, 7) is 4.43. The average molecular weight is 284 g/mol. The predicted octanol–water partition coefficient (Wildman–Crippen LogP) is 3.20. The second-order valence-corrected chi connectivity index (χ2v) is 6.45. The molecule has 5 nitrogen and oxygen atoms in total. The van der Waals surface area contributed by atoms with Crippen LogP contribution in [-0.2, 0) is 0 Å². The van der Waals surface area contributed by atoms with Crippen molar-refractivity contribution in [1.29, 1.82) is 5.41 Å². The monoisotopic (exact) mass is 284 g/mol. The largest absolute Gasteiger partial charge is 0.424 e. The van der Waals surface area contributed by atoms with Gasteiger partial charge in [0.25, 0.3) is 6.01 Å². The van der Waals surface area contributed by atoms with E-state index in [0.717, 1.165) is 36.1 Å². The number of allylic oxidation sites excluding steroid dienone is 2. The normalized spacial score (nSPS) is 18.2.